The molecule has 0 aliphatic carbocycles. The summed E-state index contributed by atoms with van der Waals surface area (Å²) in [6.07, 6.45) is 0. The maximum Gasteiger partial charge on any atom is 0.293 e. The molecule has 9 nitrogen and oxygen atoms in total. The number of morpholine rings is 1. The summed E-state index contributed by atoms with van der Waals surface area (Å²) in [4.78, 5) is 30.6. The Balaban J connectivity index is 1.28. The first-order valence-corrected chi connectivity index (χ1v) is 12.4. The number of nitro groups is 1. The van der Waals surface area contributed by atoms with Crippen molar-refractivity contribution in [3.8, 4) is 10.6 Å². The number of nitro benzene ring substituents is 1. The Hall–Kier alpha value is -3.93. The van der Waals surface area contributed by atoms with Gasteiger partial charge in [-0.3, -0.25) is 20.2 Å². The molecule has 0 bridgehead atoms. The zero-order chi connectivity index (χ0) is 25.1. The van der Waals surface area contributed by atoms with E-state index in [1.165, 1.54) is 6.07 Å². The summed E-state index contributed by atoms with van der Waals surface area (Å²) in [6, 6.07) is 19.9. The van der Waals surface area contributed by atoms with Gasteiger partial charge in [-0.1, -0.05) is 24.3 Å². The quantitative estimate of drug-likeness (QED) is 0.219. The molecule has 2 heterocycles. The van der Waals surface area contributed by atoms with E-state index in [9.17, 15) is 14.9 Å². The van der Waals surface area contributed by atoms with Crippen molar-refractivity contribution in [1.82, 2.24) is 10.3 Å². The van der Waals surface area contributed by atoms with Gasteiger partial charge in [-0.05, 0) is 48.6 Å². The van der Waals surface area contributed by atoms with Gasteiger partial charge in [0, 0.05) is 36.0 Å². The average Bonchev–Trinajstić information content (AvgIpc) is 3.33. The zero-order valence-corrected chi connectivity index (χ0v) is 20.6. The first kappa shape index (κ1) is 23.8. The SMILES string of the molecule is O=C(NC(=S)Nc1cccc(-c2nc3ccccc3s2)c1)c1ccc(N2CCOCC2)c([N+](=O)[O-])c1. The van der Waals surface area contributed by atoms with E-state index in [0.717, 1.165) is 20.8 Å². The number of ether oxygens (including phenoxy) is 1. The molecule has 0 radical (unpaired) electrons. The minimum Gasteiger partial charge on any atom is -0.378 e. The smallest absolute Gasteiger partial charge is 0.293 e. The number of nitrogens with one attached hydrogen (secondary N) is 2. The van der Waals surface area contributed by atoms with E-state index < -0.39 is 10.8 Å². The number of thiazole rings is 1. The highest BCUT2D eigenvalue weighted by molar-refractivity contribution is 7.80. The monoisotopic (exact) mass is 519 g/mol. The van der Waals surface area contributed by atoms with Crippen LogP contribution in [0.3, 0.4) is 0 Å². The zero-order valence-electron chi connectivity index (χ0n) is 19.0. The van der Waals surface area contributed by atoms with E-state index in [1.807, 2.05) is 53.4 Å². The second-order valence-corrected chi connectivity index (χ2v) is 9.47. The van der Waals surface area contributed by atoms with Crippen molar-refractivity contribution in [2.24, 2.45) is 0 Å². The number of amides is 1. The van der Waals surface area contributed by atoms with E-state index in [2.05, 4.69) is 15.6 Å². The van der Waals surface area contributed by atoms with Gasteiger partial charge < -0.3 is 15.0 Å². The highest BCUT2D eigenvalue weighted by Gasteiger charge is 2.23. The molecule has 1 aliphatic heterocycles. The standard InChI is InChI=1S/C25H21N5O4S2/c31-23(16-8-9-20(21(15-16)30(32)33)29-10-12-34-13-11-29)28-25(35)26-18-5-3-4-17(14-18)24-27-19-6-1-2-7-22(19)36-24/h1-9,14-15H,10-13H2,(H2,26,28,31,35). The minimum atomic E-state index is -0.536. The van der Waals surface area contributed by atoms with Gasteiger partial charge in [0.15, 0.2) is 5.11 Å². The molecule has 0 spiro atoms. The topological polar surface area (TPSA) is 110 Å². The number of thiocarbonyl (C=S) groups is 1. The van der Waals surface area contributed by atoms with Crippen LogP contribution in [-0.2, 0) is 4.74 Å². The van der Waals surface area contributed by atoms with Crippen molar-refractivity contribution < 1.29 is 14.5 Å². The Labute approximate surface area is 215 Å². The third-order valence-electron chi connectivity index (χ3n) is 5.67. The lowest BCUT2D eigenvalue weighted by Crippen LogP contribution is -2.37. The van der Waals surface area contributed by atoms with Crippen molar-refractivity contribution in [2.75, 3.05) is 36.5 Å². The molecule has 11 heteroatoms. The summed E-state index contributed by atoms with van der Waals surface area (Å²) < 4.78 is 6.42. The number of hydrogen-bond donors (Lipinski definition) is 2. The molecule has 1 aromatic heterocycles. The summed E-state index contributed by atoms with van der Waals surface area (Å²) in [6.45, 7) is 2.10. The lowest BCUT2D eigenvalue weighted by molar-refractivity contribution is -0.384. The summed E-state index contributed by atoms with van der Waals surface area (Å²) in [5, 5.41) is 18.3. The normalized spacial score (nSPS) is 13.4. The van der Waals surface area contributed by atoms with Crippen molar-refractivity contribution >= 4 is 61.9 Å². The molecule has 2 N–H and O–H groups in total. The number of carbonyl (C=O) groups excluding carboxylic acids is 1. The van der Waals surface area contributed by atoms with Gasteiger partial charge in [0.05, 0.1) is 28.4 Å². The fraction of sp³-hybridized carbons (Fsp3) is 0.160. The molecule has 1 amide bonds. The van der Waals surface area contributed by atoms with Gasteiger partial charge >= 0.3 is 0 Å². The molecule has 0 unspecified atom stereocenters. The van der Waals surface area contributed by atoms with Crippen LogP contribution in [0.15, 0.2) is 66.7 Å². The fourth-order valence-electron chi connectivity index (χ4n) is 3.95. The predicted octanol–water partition coefficient (Wildman–Crippen LogP) is 4.83. The number of rotatable bonds is 5. The number of aromatic nitrogens is 1. The summed E-state index contributed by atoms with van der Waals surface area (Å²) in [7, 11) is 0. The summed E-state index contributed by atoms with van der Waals surface area (Å²) >= 11 is 6.92. The average molecular weight is 520 g/mol. The molecule has 36 heavy (non-hydrogen) atoms. The Morgan fingerprint density at radius 3 is 2.67 bits per heavy atom. The van der Waals surface area contributed by atoms with Crippen LogP contribution in [-0.4, -0.2) is 47.2 Å². The number of benzene rings is 3. The second-order valence-electron chi connectivity index (χ2n) is 8.04. The third-order valence-corrected chi connectivity index (χ3v) is 6.96. The highest BCUT2D eigenvalue weighted by Crippen LogP contribution is 2.32. The maximum atomic E-state index is 12.8. The van der Waals surface area contributed by atoms with Crippen molar-refractivity contribution in [1.29, 1.82) is 0 Å². The second kappa shape index (κ2) is 10.4. The van der Waals surface area contributed by atoms with Crippen LogP contribution in [0.2, 0.25) is 0 Å². The van der Waals surface area contributed by atoms with Gasteiger partial charge in [-0.2, -0.15) is 0 Å². The van der Waals surface area contributed by atoms with Gasteiger partial charge in [-0.25, -0.2) is 4.98 Å². The first-order chi connectivity index (χ1) is 17.5. The van der Waals surface area contributed by atoms with Crippen LogP contribution in [0.25, 0.3) is 20.8 Å². The Kier molecular flexibility index (Phi) is 6.85. The van der Waals surface area contributed by atoms with Gasteiger partial charge in [0.25, 0.3) is 11.6 Å². The highest BCUT2D eigenvalue weighted by atomic mass is 32.1. The third kappa shape index (κ3) is 5.18. The molecular weight excluding hydrogens is 498 g/mol. The van der Waals surface area contributed by atoms with Crippen LogP contribution in [0, 0.1) is 10.1 Å². The Morgan fingerprint density at radius 1 is 1.08 bits per heavy atom. The number of carbonyl (C=O) groups is 1. The number of nitrogens with zero attached hydrogens (tertiary/aromatic N) is 3. The maximum absolute atomic E-state index is 12.8. The minimum absolute atomic E-state index is 0.0846. The summed E-state index contributed by atoms with van der Waals surface area (Å²) in [5.41, 5.74) is 3.02. The number of fused-ring (bicyclic) bond motifs is 1. The summed E-state index contributed by atoms with van der Waals surface area (Å²) in [5.74, 6) is -0.536. The largest absolute Gasteiger partial charge is 0.378 e. The first-order valence-electron chi connectivity index (χ1n) is 11.2. The van der Waals surface area contributed by atoms with Crippen LogP contribution in [0.5, 0.6) is 0 Å². The van der Waals surface area contributed by atoms with Crippen LogP contribution in [0.1, 0.15) is 10.4 Å². The van der Waals surface area contributed by atoms with E-state index in [0.29, 0.717) is 37.7 Å². The molecule has 5 rings (SSSR count). The molecule has 0 saturated carbocycles. The molecule has 1 aliphatic rings. The molecule has 1 saturated heterocycles. The van der Waals surface area contributed by atoms with Crippen LogP contribution >= 0.6 is 23.6 Å². The lowest BCUT2D eigenvalue weighted by atomic mass is 10.1. The molecule has 1 fully saturated rings. The van der Waals surface area contributed by atoms with Gasteiger partial charge in [-0.15, -0.1) is 11.3 Å². The van der Waals surface area contributed by atoms with Crippen molar-refractivity contribution in [3.05, 3.63) is 82.4 Å². The number of hydrogen-bond acceptors (Lipinski definition) is 8. The van der Waals surface area contributed by atoms with Crippen LogP contribution in [0.4, 0.5) is 17.1 Å². The van der Waals surface area contributed by atoms with E-state index in [1.54, 1.807) is 23.5 Å². The number of para-hydroxylation sites is 1. The van der Waals surface area contributed by atoms with Crippen LogP contribution < -0.4 is 15.5 Å². The van der Waals surface area contributed by atoms with E-state index in [4.69, 9.17) is 17.0 Å². The molecule has 182 valence electrons. The predicted molar refractivity (Wildman–Crippen MR) is 145 cm³/mol. The molecule has 4 aromatic rings. The molecule has 0 atom stereocenters. The van der Waals surface area contributed by atoms with Crippen molar-refractivity contribution in [3.63, 3.8) is 0 Å². The Bertz CT molecular complexity index is 1430. The molecule has 3 aromatic carbocycles. The number of anilines is 2. The van der Waals surface area contributed by atoms with Gasteiger partial charge in [0.2, 0.25) is 0 Å². The van der Waals surface area contributed by atoms with Gasteiger partial charge in [0.1, 0.15) is 10.7 Å². The van der Waals surface area contributed by atoms with E-state index >= 15 is 0 Å². The fourth-order valence-corrected chi connectivity index (χ4v) is 5.12. The van der Waals surface area contributed by atoms with E-state index in [-0.39, 0.29) is 16.4 Å². The Morgan fingerprint density at radius 2 is 1.89 bits per heavy atom. The lowest BCUT2D eigenvalue weighted by Gasteiger charge is -2.28. The van der Waals surface area contributed by atoms with Crippen molar-refractivity contribution in [2.45, 2.75) is 0 Å². The molecular formula is C25H21N5O4S2.